The molecule has 6 nitrogen and oxygen atoms in total. The molecular weight excluding hydrogens is 340 g/mol. The molecule has 1 aliphatic heterocycles. The van der Waals surface area contributed by atoms with Crippen molar-refractivity contribution in [2.45, 2.75) is 4.90 Å². The molecule has 0 aliphatic carbocycles. The van der Waals surface area contributed by atoms with Crippen molar-refractivity contribution >= 4 is 39.2 Å². The zero-order chi connectivity index (χ0) is 16.6. The van der Waals surface area contributed by atoms with Crippen molar-refractivity contribution in [1.82, 2.24) is 4.31 Å². The Hall–Kier alpha value is -2.38. The SMILES string of the molecule is O=C1CN(c2ccccc2)C(=O)N1S(=O)(=O)c1cccc(Cl)c1. The van der Waals surface area contributed by atoms with E-state index in [4.69, 9.17) is 11.6 Å². The van der Waals surface area contributed by atoms with Crippen LogP contribution in [0.3, 0.4) is 0 Å². The van der Waals surface area contributed by atoms with Gasteiger partial charge in [-0.2, -0.15) is 0 Å². The molecule has 0 bridgehead atoms. The summed E-state index contributed by atoms with van der Waals surface area (Å²) < 4.78 is 25.5. The van der Waals surface area contributed by atoms with Crippen LogP contribution in [0.2, 0.25) is 5.02 Å². The summed E-state index contributed by atoms with van der Waals surface area (Å²) in [5.74, 6) is -0.807. The molecule has 0 unspecified atom stereocenters. The first kappa shape index (κ1) is 15.5. The molecule has 1 saturated heterocycles. The summed E-state index contributed by atoms with van der Waals surface area (Å²) >= 11 is 5.79. The van der Waals surface area contributed by atoms with E-state index < -0.39 is 22.0 Å². The second kappa shape index (κ2) is 5.68. The summed E-state index contributed by atoms with van der Waals surface area (Å²) in [5, 5.41) is 0.199. The normalized spacial score (nSPS) is 15.3. The Balaban J connectivity index is 2.00. The first-order valence-corrected chi connectivity index (χ1v) is 8.43. The number of urea groups is 1. The fourth-order valence-corrected chi connectivity index (χ4v) is 3.89. The summed E-state index contributed by atoms with van der Waals surface area (Å²) in [6.07, 6.45) is 0. The Morgan fingerprint density at radius 1 is 0.957 bits per heavy atom. The number of hydrogen-bond acceptors (Lipinski definition) is 4. The van der Waals surface area contributed by atoms with Gasteiger partial charge in [-0.05, 0) is 30.3 Å². The van der Waals surface area contributed by atoms with Gasteiger partial charge in [-0.3, -0.25) is 9.69 Å². The highest BCUT2D eigenvalue weighted by molar-refractivity contribution is 7.90. The van der Waals surface area contributed by atoms with Gasteiger partial charge in [0.1, 0.15) is 6.54 Å². The van der Waals surface area contributed by atoms with Gasteiger partial charge in [-0.15, -0.1) is 4.31 Å². The highest BCUT2D eigenvalue weighted by Crippen LogP contribution is 2.27. The first-order valence-electron chi connectivity index (χ1n) is 6.61. The zero-order valence-corrected chi connectivity index (χ0v) is 13.3. The molecule has 3 amide bonds. The smallest absolute Gasteiger partial charge is 0.284 e. The molecule has 0 spiro atoms. The highest BCUT2D eigenvalue weighted by Gasteiger charge is 2.45. The minimum atomic E-state index is -4.29. The van der Waals surface area contributed by atoms with Crippen molar-refractivity contribution in [1.29, 1.82) is 0 Å². The lowest BCUT2D eigenvalue weighted by molar-refractivity contribution is -0.121. The number of amides is 3. The molecular formula is C15H11ClN2O4S. The number of halogens is 1. The first-order chi connectivity index (χ1) is 10.9. The number of imide groups is 1. The van der Waals surface area contributed by atoms with Crippen LogP contribution < -0.4 is 4.90 Å². The number of anilines is 1. The average molecular weight is 351 g/mol. The van der Waals surface area contributed by atoms with Crippen LogP contribution in [-0.2, 0) is 14.8 Å². The van der Waals surface area contributed by atoms with E-state index in [1.54, 1.807) is 30.3 Å². The zero-order valence-electron chi connectivity index (χ0n) is 11.7. The summed E-state index contributed by atoms with van der Waals surface area (Å²) in [6.45, 7) is -0.331. The molecule has 2 aromatic carbocycles. The van der Waals surface area contributed by atoms with E-state index in [1.165, 1.54) is 24.3 Å². The number of carbonyl (C=O) groups excluding carboxylic acids is 2. The van der Waals surface area contributed by atoms with E-state index in [0.717, 1.165) is 4.90 Å². The van der Waals surface area contributed by atoms with Gasteiger partial charge in [-0.1, -0.05) is 35.9 Å². The van der Waals surface area contributed by atoms with Gasteiger partial charge in [0.2, 0.25) is 0 Å². The molecule has 8 heteroatoms. The van der Waals surface area contributed by atoms with E-state index in [1.807, 2.05) is 0 Å². The van der Waals surface area contributed by atoms with Crippen LogP contribution in [0.15, 0.2) is 59.5 Å². The predicted octanol–water partition coefficient (Wildman–Crippen LogP) is 2.50. The molecule has 2 aromatic rings. The molecule has 0 saturated carbocycles. The predicted molar refractivity (Wildman–Crippen MR) is 84.7 cm³/mol. The van der Waals surface area contributed by atoms with Gasteiger partial charge in [0.25, 0.3) is 15.9 Å². The summed E-state index contributed by atoms with van der Waals surface area (Å²) in [6, 6.07) is 12.9. The van der Waals surface area contributed by atoms with Crippen LogP contribution in [0.4, 0.5) is 10.5 Å². The molecule has 0 N–H and O–H groups in total. The lowest BCUT2D eigenvalue weighted by Crippen LogP contribution is -2.38. The molecule has 0 aromatic heterocycles. The second-order valence-corrected chi connectivity index (χ2v) is 7.05. The molecule has 3 rings (SSSR count). The largest absolute Gasteiger partial charge is 0.346 e. The van der Waals surface area contributed by atoms with Gasteiger partial charge >= 0.3 is 6.03 Å². The minimum absolute atomic E-state index is 0.199. The van der Waals surface area contributed by atoms with Crippen LogP contribution in [0.25, 0.3) is 0 Å². The third-order valence-corrected chi connectivity index (χ3v) is 5.25. The van der Waals surface area contributed by atoms with Crippen molar-refractivity contribution in [2.24, 2.45) is 0 Å². The van der Waals surface area contributed by atoms with Gasteiger partial charge in [0.15, 0.2) is 0 Å². The molecule has 0 radical (unpaired) electrons. The second-order valence-electron chi connectivity index (χ2n) is 4.82. The molecule has 1 aliphatic rings. The maximum atomic E-state index is 12.6. The van der Waals surface area contributed by atoms with E-state index in [-0.39, 0.29) is 20.8 Å². The third kappa shape index (κ3) is 2.69. The highest BCUT2D eigenvalue weighted by atomic mass is 35.5. The van der Waals surface area contributed by atoms with Crippen LogP contribution in [0, 0.1) is 0 Å². The van der Waals surface area contributed by atoms with Crippen LogP contribution in [0.1, 0.15) is 0 Å². The Morgan fingerprint density at radius 2 is 1.65 bits per heavy atom. The van der Waals surface area contributed by atoms with E-state index >= 15 is 0 Å². The number of carbonyl (C=O) groups is 2. The van der Waals surface area contributed by atoms with Crippen LogP contribution in [-0.4, -0.2) is 31.2 Å². The molecule has 1 heterocycles. The maximum Gasteiger partial charge on any atom is 0.346 e. The number of para-hydroxylation sites is 1. The fourth-order valence-electron chi connectivity index (χ4n) is 2.26. The Bertz CT molecular complexity index is 883. The van der Waals surface area contributed by atoms with Crippen molar-refractivity contribution in [3.63, 3.8) is 0 Å². The number of benzene rings is 2. The standard InChI is InChI=1S/C15H11ClN2O4S/c16-11-5-4-8-13(9-11)23(21,22)18-14(19)10-17(15(18)20)12-6-2-1-3-7-12/h1-9H,10H2. The Labute approximate surface area is 137 Å². The molecule has 23 heavy (non-hydrogen) atoms. The lowest BCUT2D eigenvalue weighted by Gasteiger charge is -2.17. The van der Waals surface area contributed by atoms with E-state index in [9.17, 15) is 18.0 Å². The summed E-state index contributed by atoms with van der Waals surface area (Å²) in [4.78, 5) is 25.5. The minimum Gasteiger partial charge on any atom is -0.284 e. The van der Waals surface area contributed by atoms with Gasteiger partial charge in [-0.25, -0.2) is 13.2 Å². The van der Waals surface area contributed by atoms with Crippen molar-refractivity contribution in [3.8, 4) is 0 Å². The van der Waals surface area contributed by atoms with Gasteiger partial charge in [0.05, 0.1) is 4.90 Å². The molecule has 0 atom stereocenters. The quantitative estimate of drug-likeness (QED) is 0.797. The maximum absolute atomic E-state index is 12.6. The van der Waals surface area contributed by atoms with Gasteiger partial charge < -0.3 is 0 Å². The number of nitrogens with zero attached hydrogens (tertiary/aromatic N) is 2. The summed E-state index contributed by atoms with van der Waals surface area (Å²) in [5.41, 5.74) is 0.453. The van der Waals surface area contributed by atoms with Crippen molar-refractivity contribution < 1.29 is 18.0 Å². The van der Waals surface area contributed by atoms with Crippen LogP contribution >= 0.6 is 11.6 Å². The summed E-state index contributed by atoms with van der Waals surface area (Å²) in [7, 11) is -4.29. The van der Waals surface area contributed by atoms with Crippen molar-refractivity contribution in [2.75, 3.05) is 11.4 Å². The molecule has 1 fully saturated rings. The van der Waals surface area contributed by atoms with Crippen molar-refractivity contribution in [3.05, 3.63) is 59.6 Å². The Morgan fingerprint density at radius 3 is 2.30 bits per heavy atom. The van der Waals surface area contributed by atoms with Gasteiger partial charge in [0, 0.05) is 10.7 Å². The lowest BCUT2D eigenvalue weighted by atomic mass is 10.3. The number of sulfonamides is 1. The third-order valence-electron chi connectivity index (χ3n) is 3.33. The van der Waals surface area contributed by atoms with E-state index in [0.29, 0.717) is 5.69 Å². The Kier molecular flexibility index (Phi) is 3.83. The number of hydrogen-bond donors (Lipinski definition) is 0. The number of rotatable bonds is 3. The topological polar surface area (TPSA) is 74.8 Å². The molecule has 118 valence electrons. The monoisotopic (exact) mass is 350 g/mol. The fraction of sp³-hybridized carbons (Fsp3) is 0.0667. The van der Waals surface area contributed by atoms with Crippen LogP contribution in [0.5, 0.6) is 0 Å². The van der Waals surface area contributed by atoms with E-state index in [2.05, 4.69) is 0 Å². The average Bonchev–Trinajstić information content (AvgIpc) is 2.83.